The van der Waals surface area contributed by atoms with E-state index in [9.17, 15) is 5.11 Å². The summed E-state index contributed by atoms with van der Waals surface area (Å²) in [6.45, 7) is 6.19. The Morgan fingerprint density at radius 3 is 2.95 bits per heavy atom. The molecule has 2 atom stereocenters. The van der Waals surface area contributed by atoms with E-state index in [0.29, 0.717) is 30.6 Å². The van der Waals surface area contributed by atoms with E-state index in [2.05, 4.69) is 23.8 Å². The van der Waals surface area contributed by atoms with Crippen LogP contribution in [-0.4, -0.2) is 66.9 Å². The first-order valence-electron chi connectivity index (χ1n) is 7.13. The summed E-state index contributed by atoms with van der Waals surface area (Å²) >= 11 is 0. The van der Waals surface area contributed by atoms with E-state index < -0.39 is 6.10 Å². The number of anilines is 1. The second kappa shape index (κ2) is 6.92. The lowest BCUT2D eigenvalue weighted by atomic mass is 10.2. The van der Waals surface area contributed by atoms with Crippen molar-refractivity contribution in [3.05, 3.63) is 24.3 Å². The zero-order valence-corrected chi connectivity index (χ0v) is 12.3. The van der Waals surface area contributed by atoms with E-state index in [0.717, 1.165) is 19.6 Å². The number of ether oxygens (including phenoxy) is 1. The molecule has 3 N–H and O–H groups in total. The minimum atomic E-state index is -0.480. The van der Waals surface area contributed by atoms with Crippen LogP contribution >= 0.6 is 0 Å². The summed E-state index contributed by atoms with van der Waals surface area (Å²) in [6, 6.07) is 7.81. The number of benzene rings is 1. The molecule has 2 rings (SSSR count). The van der Waals surface area contributed by atoms with Crippen molar-refractivity contribution < 1.29 is 9.84 Å². The fraction of sp³-hybridized carbons (Fsp3) is 0.600. The van der Waals surface area contributed by atoms with Crippen molar-refractivity contribution in [2.75, 3.05) is 45.6 Å². The second-order valence-electron chi connectivity index (χ2n) is 5.63. The topological polar surface area (TPSA) is 62.0 Å². The Hall–Kier alpha value is -1.30. The number of nitrogen functional groups attached to an aromatic ring is 1. The van der Waals surface area contributed by atoms with Gasteiger partial charge in [-0.2, -0.15) is 0 Å². The minimum Gasteiger partial charge on any atom is -0.491 e. The van der Waals surface area contributed by atoms with Gasteiger partial charge in [-0.15, -0.1) is 0 Å². The van der Waals surface area contributed by atoms with Gasteiger partial charge in [0.2, 0.25) is 0 Å². The highest BCUT2D eigenvalue weighted by Gasteiger charge is 2.22. The Labute approximate surface area is 120 Å². The molecule has 0 bridgehead atoms. The van der Waals surface area contributed by atoms with Gasteiger partial charge in [-0.25, -0.2) is 0 Å². The van der Waals surface area contributed by atoms with Gasteiger partial charge >= 0.3 is 0 Å². The van der Waals surface area contributed by atoms with Crippen LogP contribution in [0.5, 0.6) is 5.75 Å². The van der Waals surface area contributed by atoms with Crippen LogP contribution in [0.2, 0.25) is 0 Å². The molecule has 1 aliphatic heterocycles. The van der Waals surface area contributed by atoms with Gasteiger partial charge in [0.15, 0.2) is 0 Å². The molecular formula is C15H25N3O2. The molecule has 1 aromatic carbocycles. The highest BCUT2D eigenvalue weighted by Crippen LogP contribution is 2.15. The molecule has 1 aromatic rings. The van der Waals surface area contributed by atoms with Crippen LogP contribution in [0.4, 0.5) is 5.69 Å². The van der Waals surface area contributed by atoms with Crippen molar-refractivity contribution in [2.24, 2.45) is 0 Å². The van der Waals surface area contributed by atoms with E-state index in [-0.39, 0.29) is 0 Å². The van der Waals surface area contributed by atoms with Crippen LogP contribution in [0.1, 0.15) is 6.92 Å². The molecule has 0 radical (unpaired) electrons. The first-order chi connectivity index (χ1) is 9.54. The predicted molar refractivity (Wildman–Crippen MR) is 80.9 cm³/mol. The van der Waals surface area contributed by atoms with Crippen LogP contribution in [0, 0.1) is 0 Å². The van der Waals surface area contributed by atoms with Crippen LogP contribution in [0.3, 0.4) is 0 Å². The minimum absolute atomic E-state index is 0.296. The zero-order valence-electron chi connectivity index (χ0n) is 12.3. The molecule has 1 heterocycles. The molecule has 0 saturated carbocycles. The van der Waals surface area contributed by atoms with Crippen LogP contribution in [0.25, 0.3) is 0 Å². The lowest BCUT2D eigenvalue weighted by molar-refractivity contribution is 0.0357. The fourth-order valence-corrected chi connectivity index (χ4v) is 2.44. The number of nitrogens with two attached hydrogens (primary N) is 1. The van der Waals surface area contributed by atoms with Gasteiger partial charge in [-0.05, 0) is 26.1 Å². The summed E-state index contributed by atoms with van der Waals surface area (Å²) in [5.74, 6) is 0.704. The van der Waals surface area contributed by atoms with Gasteiger partial charge < -0.3 is 20.5 Å². The third-order valence-corrected chi connectivity index (χ3v) is 3.81. The van der Waals surface area contributed by atoms with E-state index in [4.69, 9.17) is 10.5 Å². The van der Waals surface area contributed by atoms with E-state index in [1.54, 1.807) is 6.07 Å². The number of β-amino-alcohol motifs (C(OH)–C–C–N with tert-alkyl or cyclic N) is 1. The van der Waals surface area contributed by atoms with Crippen molar-refractivity contribution in [3.63, 3.8) is 0 Å². The van der Waals surface area contributed by atoms with Gasteiger partial charge in [-0.1, -0.05) is 6.07 Å². The van der Waals surface area contributed by atoms with Gasteiger partial charge in [0.1, 0.15) is 18.5 Å². The largest absolute Gasteiger partial charge is 0.491 e. The molecule has 1 fully saturated rings. The number of nitrogens with zero attached hydrogens (tertiary/aromatic N) is 2. The van der Waals surface area contributed by atoms with Crippen molar-refractivity contribution in [2.45, 2.75) is 19.1 Å². The number of piperazine rings is 1. The number of aliphatic hydroxyl groups is 1. The Morgan fingerprint density at radius 1 is 1.45 bits per heavy atom. The molecule has 0 aromatic heterocycles. The predicted octanol–water partition coefficient (Wildman–Crippen LogP) is 0.644. The molecule has 5 heteroatoms. The molecule has 0 spiro atoms. The number of aliphatic hydroxyl groups excluding tert-OH is 1. The number of hydrogen-bond donors (Lipinski definition) is 2. The second-order valence-corrected chi connectivity index (χ2v) is 5.63. The van der Waals surface area contributed by atoms with Crippen LogP contribution in [0.15, 0.2) is 24.3 Å². The molecule has 0 amide bonds. The van der Waals surface area contributed by atoms with E-state index >= 15 is 0 Å². The van der Waals surface area contributed by atoms with Gasteiger partial charge in [0, 0.05) is 44.0 Å². The average Bonchev–Trinajstić information content (AvgIpc) is 2.41. The summed E-state index contributed by atoms with van der Waals surface area (Å²) in [5, 5.41) is 10.1. The lowest BCUT2D eigenvalue weighted by Crippen LogP contribution is -2.52. The van der Waals surface area contributed by atoms with Crippen molar-refractivity contribution >= 4 is 5.69 Å². The smallest absolute Gasteiger partial charge is 0.121 e. The summed E-state index contributed by atoms with van der Waals surface area (Å²) < 4.78 is 5.57. The Balaban J connectivity index is 1.74. The molecule has 0 aliphatic carbocycles. The summed E-state index contributed by atoms with van der Waals surface area (Å²) in [4.78, 5) is 4.63. The maximum absolute atomic E-state index is 10.1. The molecule has 5 nitrogen and oxygen atoms in total. The fourth-order valence-electron chi connectivity index (χ4n) is 2.44. The molecule has 1 aliphatic rings. The first-order valence-corrected chi connectivity index (χ1v) is 7.13. The summed E-state index contributed by atoms with van der Waals surface area (Å²) in [5.41, 5.74) is 6.36. The van der Waals surface area contributed by atoms with Crippen molar-refractivity contribution in [1.82, 2.24) is 9.80 Å². The number of rotatable bonds is 5. The van der Waals surface area contributed by atoms with Crippen molar-refractivity contribution in [3.8, 4) is 5.75 Å². The molecule has 112 valence electrons. The quantitative estimate of drug-likeness (QED) is 0.775. The van der Waals surface area contributed by atoms with Gasteiger partial charge in [0.05, 0.1) is 0 Å². The Morgan fingerprint density at radius 2 is 2.25 bits per heavy atom. The third kappa shape index (κ3) is 4.37. The maximum Gasteiger partial charge on any atom is 0.121 e. The van der Waals surface area contributed by atoms with Gasteiger partial charge in [-0.3, -0.25) is 4.90 Å². The standard InChI is InChI=1S/C15H25N3O2/c1-12-9-18(7-6-17(12)2)10-14(19)11-20-15-5-3-4-13(16)8-15/h3-5,8,12,14,19H,6-7,9-11,16H2,1-2H3. The molecule has 1 saturated heterocycles. The van der Waals surface area contributed by atoms with Crippen LogP contribution < -0.4 is 10.5 Å². The van der Waals surface area contributed by atoms with E-state index in [1.165, 1.54) is 0 Å². The summed E-state index contributed by atoms with van der Waals surface area (Å²) in [6.07, 6.45) is -0.480. The summed E-state index contributed by atoms with van der Waals surface area (Å²) in [7, 11) is 2.14. The van der Waals surface area contributed by atoms with Crippen molar-refractivity contribution in [1.29, 1.82) is 0 Å². The average molecular weight is 279 g/mol. The molecular weight excluding hydrogens is 254 g/mol. The normalized spacial score (nSPS) is 22.6. The Bertz CT molecular complexity index is 427. The first kappa shape index (κ1) is 15.1. The number of hydrogen-bond acceptors (Lipinski definition) is 5. The lowest BCUT2D eigenvalue weighted by Gasteiger charge is -2.38. The number of likely N-dealkylation sites (N-methyl/N-ethyl adjacent to an activating group) is 1. The molecule has 2 unspecified atom stereocenters. The maximum atomic E-state index is 10.1. The van der Waals surface area contributed by atoms with Gasteiger partial charge in [0.25, 0.3) is 0 Å². The zero-order chi connectivity index (χ0) is 14.5. The Kier molecular flexibility index (Phi) is 5.23. The molecule has 20 heavy (non-hydrogen) atoms. The monoisotopic (exact) mass is 279 g/mol. The van der Waals surface area contributed by atoms with E-state index in [1.807, 2.05) is 18.2 Å². The third-order valence-electron chi connectivity index (χ3n) is 3.81. The highest BCUT2D eigenvalue weighted by molar-refractivity contribution is 5.43. The van der Waals surface area contributed by atoms with Crippen LogP contribution in [-0.2, 0) is 0 Å². The highest BCUT2D eigenvalue weighted by atomic mass is 16.5. The SMILES string of the molecule is CC1CN(CC(O)COc2cccc(N)c2)CCN1C.